The summed E-state index contributed by atoms with van der Waals surface area (Å²) in [6.45, 7) is 2.71. The van der Waals surface area contributed by atoms with Crippen LogP contribution in [0.4, 0.5) is 13.2 Å². The summed E-state index contributed by atoms with van der Waals surface area (Å²) in [5.41, 5.74) is 0. The fourth-order valence-corrected chi connectivity index (χ4v) is 1.16. The number of nitrogens with zero attached hydrogens (tertiary/aromatic N) is 2. The fraction of sp³-hybridized carbons (Fsp3) is 0.600. The normalized spacial score (nSPS) is 13.7. The van der Waals surface area contributed by atoms with E-state index in [-0.39, 0.29) is 11.8 Å². The Kier molecular flexibility index (Phi) is 4.20. The van der Waals surface area contributed by atoms with Crippen molar-refractivity contribution < 1.29 is 27.8 Å². The molecule has 1 rings (SSSR count). The molecule has 0 aliphatic heterocycles. The number of hydrogen-bond acceptors (Lipinski definition) is 3. The van der Waals surface area contributed by atoms with Gasteiger partial charge in [-0.25, -0.2) is 0 Å². The van der Waals surface area contributed by atoms with Gasteiger partial charge in [0.25, 0.3) is 0 Å². The molecule has 0 saturated carbocycles. The maximum atomic E-state index is 12.3. The number of rotatable bonds is 5. The second kappa shape index (κ2) is 5.28. The highest BCUT2D eigenvalue weighted by Crippen LogP contribution is 2.27. The molecule has 1 aromatic rings. The summed E-state index contributed by atoms with van der Waals surface area (Å²) in [5, 5.41) is 12.3. The molecule has 1 unspecified atom stereocenters. The molecule has 1 N–H and O–H groups in total. The molecule has 0 aromatic carbocycles. The number of hydrogen-bond donors (Lipinski definition) is 1. The number of carbonyl (C=O) groups is 1. The van der Waals surface area contributed by atoms with E-state index in [1.807, 2.05) is 13.8 Å². The molecule has 18 heavy (non-hydrogen) atoms. The molecule has 1 heterocycles. The second-order valence-corrected chi connectivity index (χ2v) is 3.99. The van der Waals surface area contributed by atoms with Crippen molar-refractivity contribution in [1.29, 1.82) is 0 Å². The van der Waals surface area contributed by atoms with Gasteiger partial charge in [-0.05, 0) is 13.8 Å². The maximum absolute atomic E-state index is 12.3. The molecule has 0 saturated heterocycles. The Morgan fingerprint density at radius 2 is 2.17 bits per heavy atom. The van der Waals surface area contributed by atoms with Gasteiger partial charge in [0.05, 0.1) is 12.4 Å². The highest BCUT2D eigenvalue weighted by molar-refractivity contribution is 5.71. The monoisotopic (exact) mass is 266 g/mol. The van der Waals surface area contributed by atoms with Gasteiger partial charge in [0.15, 0.2) is 11.7 Å². The molecule has 1 aromatic heterocycles. The number of halogens is 3. The van der Waals surface area contributed by atoms with Crippen molar-refractivity contribution in [3.8, 4) is 5.75 Å². The number of ether oxygens (including phenoxy) is 1. The predicted octanol–water partition coefficient (Wildman–Crippen LogP) is 2.11. The first-order chi connectivity index (χ1) is 8.21. The van der Waals surface area contributed by atoms with E-state index in [2.05, 4.69) is 5.10 Å². The van der Waals surface area contributed by atoms with Crippen molar-refractivity contribution in [3.05, 3.63) is 12.4 Å². The second-order valence-electron chi connectivity index (χ2n) is 3.99. The molecule has 0 bridgehead atoms. The molecule has 8 heteroatoms. The molecular formula is C10H13F3N2O3. The third kappa shape index (κ3) is 3.64. The standard InChI is InChI=1S/C10H13F3N2O3/c1-6(2)15-4-7(3-14-15)18-5-8(9(16)17)10(11,12)13/h3-4,6,8H,5H2,1-2H3,(H,16,17). The summed E-state index contributed by atoms with van der Waals surface area (Å²) in [6, 6.07) is 0.0419. The molecule has 5 nitrogen and oxygen atoms in total. The van der Waals surface area contributed by atoms with Crippen molar-refractivity contribution in [2.75, 3.05) is 6.61 Å². The smallest absolute Gasteiger partial charge is 0.405 e. The minimum atomic E-state index is -4.83. The molecule has 0 aliphatic rings. The van der Waals surface area contributed by atoms with E-state index in [9.17, 15) is 18.0 Å². The van der Waals surface area contributed by atoms with Gasteiger partial charge in [-0.2, -0.15) is 18.3 Å². The lowest BCUT2D eigenvalue weighted by Gasteiger charge is -2.15. The summed E-state index contributed by atoms with van der Waals surface area (Å²) >= 11 is 0. The van der Waals surface area contributed by atoms with Crippen LogP contribution in [-0.4, -0.2) is 33.6 Å². The minimum Gasteiger partial charge on any atom is -0.489 e. The molecule has 0 aliphatic carbocycles. The maximum Gasteiger partial charge on any atom is 0.405 e. The summed E-state index contributed by atoms with van der Waals surface area (Å²) in [4.78, 5) is 10.5. The first-order valence-electron chi connectivity index (χ1n) is 5.18. The van der Waals surface area contributed by atoms with Crippen molar-refractivity contribution in [2.24, 2.45) is 5.92 Å². The van der Waals surface area contributed by atoms with Crippen molar-refractivity contribution >= 4 is 5.97 Å². The van der Waals surface area contributed by atoms with Crippen molar-refractivity contribution in [1.82, 2.24) is 9.78 Å². The van der Waals surface area contributed by atoms with Crippen LogP contribution < -0.4 is 4.74 Å². The third-order valence-electron chi connectivity index (χ3n) is 2.22. The minimum absolute atomic E-state index is 0.0419. The zero-order valence-corrected chi connectivity index (χ0v) is 9.81. The first kappa shape index (κ1) is 14.3. The molecular weight excluding hydrogens is 253 g/mol. The lowest BCUT2D eigenvalue weighted by atomic mass is 10.1. The first-order valence-corrected chi connectivity index (χ1v) is 5.18. The van der Waals surface area contributed by atoms with Crippen LogP contribution in [0.15, 0.2) is 12.4 Å². The van der Waals surface area contributed by atoms with Gasteiger partial charge in [-0.3, -0.25) is 9.48 Å². The zero-order chi connectivity index (χ0) is 13.9. The molecule has 102 valence electrons. The Balaban J connectivity index is 2.65. The number of carboxylic acid groups (broad SMARTS) is 1. The average molecular weight is 266 g/mol. The van der Waals surface area contributed by atoms with Crippen LogP contribution >= 0.6 is 0 Å². The van der Waals surface area contributed by atoms with Crippen LogP contribution in [0.3, 0.4) is 0 Å². The van der Waals surface area contributed by atoms with Crippen molar-refractivity contribution in [2.45, 2.75) is 26.1 Å². The van der Waals surface area contributed by atoms with E-state index >= 15 is 0 Å². The van der Waals surface area contributed by atoms with Crippen LogP contribution in [0.1, 0.15) is 19.9 Å². The largest absolute Gasteiger partial charge is 0.489 e. The van der Waals surface area contributed by atoms with Crippen LogP contribution in [0.25, 0.3) is 0 Å². The summed E-state index contributed by atoms with van der Waals surface area (Å²) < 4.78 is 43.3. The van der Waals surface area contributed by atoms with Crippen LogP contribution in [0.5, 0.6) is 5.75 Å². The van der Waals surface area contributed by atoms with Gasteiger partial charge in [0, 0.05) is 6.04 Å². The highest BCUT2D eigenvalue weighted by atomic mass is 19.4. The Hall–Kier alpha value is -1.73. The lowest BCUT2D eigenvalue weighted by Crippen LogP contribution is -2.35. The van der Waals surface area contributed by atoms with Crippen LogP contribution in [-0.2, 0) is 4.79 Å². The Morgan fingerprint density at radius 1 is 1.56 bits per heavy atom. The van der Waals surface area contributed by atoms with E-state index in [0.29, 0.717) is 0 Å². The highest BCUT2D eigenvalue weighted by Gasteiger charge is 2.45. The Morgan fingerprint density at radius 3 is 2.56 bits per heavy atom. The number of aromatic nitrogens is 2. The van der Waals surface area contributed by atoms with Gasteiger partial charge >= 0.3 is 12.1 Å². The Bertz CT molecular complexity index is 415. The van der Waals surface area contributed by atoms with Gasteiger partial charge in [0.1, 0.15) is 6.61 Å². The summed E-state index contributed by atoms with van der Waals surface area (Å²) in [5.74, 6) is -4.39. The van der Waals surface area contributed by atoms with Crippen LogP contribution in [0, 0.1) is 5.92 Å². The number of carboxylic acids is 1. The SMILES string of the molecule is CC(C)n1cc(OCC(C(=O)O)C(F)(F)F)cn1. The third-order valence-corrected chi connectivity index (χ3v) is 2.22. The van der Waals surface area contributed by atoms with Crippen molar-refractivity contribution in [3.63, 3.8) is 0 Å². The van der Waals surface area contributed by atoms with E-state index in [0.717, 1.165) is 0 Å². The van der Waals surface area contributed by atoms with Gasteiger partial charge < -0.3 is 9.84 Å². The lowest BCUT2D eigenvalue weighted by molar-refractivity contribution is -0.198. The van der Waals surface area contributed by atoms with E-state index in [1.54, 1.807) is 0 Å². The van der Waals surface area contributed by atoms with Gasteiger partial charge in [-0.1, -0.05) is 0 Å². The number of aliphatic carboxylic acids is 1. The van der Waals surface area contributed by atoms with E-state index in [4.69, 9.17) is 9.84 Å². The van der Waals surface area contributed by atoms with E-state index < -0.39 is 24.7 Å². The zero-order valence-electron chi connectivity index (χ0n) is 9.81. The Labute approximate surface area is 101 Å². The molecule has 0 spiro atoms. The predicted molar refractivity (Wildman–Crippen MR) is 55.3 cm³/mol. The van der Waals surface area contributed by atoms with E-state index in [1.165, 1.54) is 17.1 Å². The summed E-state index contributed by atoms with van der Waals surface area (Å²) in [7, 11) is 0. The van der Waals surface area contributed by atoms with Gasteiger partial charge in [-0.15, -0.1) is 0 Å². The van der Waals surface area contributed by atoms with Crippen LogP contribution in [0.2, 0.25) is 0 Å². The molecule has 0 radical (unpaired) electrons. The fourth-order valence-electron chi connectivity index (χ4n) is 1.16. The molecule has 0 fully saturated rings. The average Bonchev–Trinajstić information content (AvgIpc) is 2.63. The quantitative estimate of drug-likeness (QED) is 0.886. The number of alkyl halides is 3. The molecule has 0 amide bonds. The summed E-state index contributed by atoms with van der Waals surface area (Å²) in [6.07, 6.45) is -2.17. The molecule has 1 atom stereocenters. The van der Waals surface area contributed by atoms with Gasteiger partial charge in [0.2, 0.25) is 0 Å². The topological polar surface area (TPSA) is 64.3 Å².